The number of hydrogen-bond acceptors (Lipinski definition) is 3. The normalized spacial score (nSPS) is 21.8. The molecule has 1 saturated heterocycles. The Balaban J connectivity index is 1.93. The predicted molar refractivity (Wildman–Crippen MR) is 50.7 cm³/mol. The summed E-state index contributed by atoms with van der Waals surface area (Å²) in [4.78, 5) is 0. The largest absolute Gasteiger partial charge is 0.376 e. The summed E-state index contributed by atoms with van der Waals surface area (Å²) < 4.78 is 12.6. The molecule has 4 heteroatoms. The molecule has 2 heterocycles. The van der Waals surface area contributed by atoms with Gasteiger partial charge in [-0.15, -0.1) is 6.42 Å². The monoisotopic (exact) mass is 192 g/mol. The van der Waals surface area contributed by atoms with Crippen molar-refractivity contribution in [2.75, 3.05) is 19.8 Å². The van der Waals surface area contributed by atoms with E-state index >= 15 is 0 Å². The Hall–Kier alpha value is -1.31. The zero-order valence-corrected chi connectivity index (χ0v) is 7.85. The maximum Gasteiger partial charge on any atom is 0.100 e. The Labute approximate surface area is 82.8 Å². The fourth-order valence-corrected chi connectivity index (χ4v) is 1.39. The van der Waals surface area contributed by atoms with Gasteiger partial charge >= 0.3 is 0 Å². The number of hydrogen-bond donors (Lipinski definition) is 0. The predicted octanol–water partition coefficient (Wildman–Crippen LogP) is 0.280. The van der Waals surface area contributed by atoms with Gasteiger partial charge in [0.05, 0.1) is 38.1 Å². The van der Waals surface area contributed by atoms with Crippen LogP contribution in [-0.2, 0) is 16.0 Å². The number of nitrogens with zero attached hydrogens (tertiary/aromatic N) is 2. The molecule has 1 unspecified atom stereocenters. The van der Waals surface area contributed by atoms with E-state index in [9.17, 15) is 0 Å². The minimum Gasteiger partial charge on any atom is -0.376 e. The van der Waals surface area contributed by atoms with Gasteiger partial charge in [0.1, 0.15) is 6.10 Å². The van der Waals surface area contributed by atoms with Crippen molar-refractivity contribution in [2.24, 2.45) is 0 Å². The second kappa shape index (κ2) is 4.27. The van der Waals surface area contributed by atoms with Crippen LogP contribution in [-0.4, -0.2) is 35.7 Å². The van der Waals surface area contributed by atoms with E-state index in [4.69, 9.17) is 15.9 Å². The quantitative estimate of drug-likeness (QED) is 0.631. The summed E-state index contributed by atoms with van der Waals surface area (Å²) in [7, 11) is 0. The molecule has 0 aliphatic carbocycles. The summed E-state index contributed by atoms with van der Waals surface area (Å²) in [5.74, 6) is 2.53. The van der Waals surface area contributed by atoms with Crippen molar-refractivity contribution in [2.45, 2.75) is 12.6 Å². The van der Waals surface area contributed by atoms with Crippen LogP contribution in [0.1, 0.15) is 5.56 Å². The number of aromatic nitrogens is 2. The van der Waals surface area contributed by atoms with Crippen molar-refractivity contribution >= 4 is 0 Å². The molecular formula is C10H12N2O2. The van der Waals surface area contributed by atoms with Gasteiger partial charge in [-0.3, -0.25) is 4.68 Å². The molecule has 0 radical (unpaired) electrons. The van der Waals surface area contributed by atoms with E-state index in [0.29, 0.717) is 26.4 Å². The fourth-order valence-electron chi connectivity index (χ4n) is 1.39. The van der Waals surface area contributed by atoms with Gasteiger partial charge in [-0.1, -0.05) is 5.92 Å². The van der Waals surface area contributed by atoms with Gasteiger partial charge in [0.2, 0.25) is 0 Å². The lowest BCUT2D eigenvalue weighted by atomic mass is 10.3. The molecule has 1 aliphatic rings. The van der Waals surface area contributed by atoms with Crippen LogP contribution in [0, 0.1) is 12.3 Å². The topological polar surface area (TPSA) is 36.3 Å². The van der Waals surface area contributed by atoms with Gasteiger partial charge in [0.25, 0.3) is 0 Å². The van der Waals surface area contributed by atoms with Gasteiger partial charge in [-0.25, -0.2) is 0 Å². The maximum absolute atomic E-state index is 5.49. The van der Waals surface area contributed by atoms with E-state index in [-0.39, 0.29) is 6.10 Å². The first-order valence-corrected chi connectivity index (χ1v) is 4.57. The van der Waals surface area contributed by atoms with E-state index in [1.807, 2.05) is 6.20 Å². The molecule has 0 saturated carbocycles. The molecule has 0 amide bonds. The number of rotatable bonds is 2. The van der Waals surface area contributed by atoms with Gasteiger partial charge in [-0.05, 0) is 0 Å². The highest BCUT2D eigenvalue weighted by Gasteiger charge is 2.14. The van der Waals surface area contributed by atoms with Crippen molar-refractivity contribution in [1.82, 2.24) is 9.78 Å². The first kappa shape index (κ1) is 9.25. The van der Waals surface area contributed by atoms with E-state index < -0.39 is 0 Å². The highest BCUT2D eigenvalue weighted by Crippen LogP contribution is 2.04. The smallest absolute Gasteiger partial charge is 0.100 e. The Morgan fingerprint density at radius 1 is 1.64 bits per heavy atom. The van der Waals surface area contributed by atoms with Crippen molar-refractivity contribution < 1.29 is 9.47 Å². The number of ether oxygens (including phenoxy) is 2. The van der Waals surface area contributed by atoms with Crippen LogP contribution in [0.2, 0.25) is 0 Å². The van der Waals surface area contributed by atoms with E-state index in [0.717, 1.165) is 5.56 Å². The third kappa shape index (κ3) is 2.13. The maximum atomic E-state index is 5.49. The summed E-state index contributed by atoms with van der Waals surface area (Å²) in [6.45, 7) is 2.67. The molecule has 0 N–H and O–H groups in total. The summed E-state index contributed by atoms with van der Waals surface area (Å²) in [5.41, 5.74) is 0.793. The molecule has 14 heavy (non-hydrogen) atoms. The minimum atomic E-state index is 0.0919. The second-order valence-electron chi connectivity index (χ2n) is 3.16. The summed E-state index contributed by atoms with van der Waals surface area (Å²) in [6, 6.07) is 0. The van der Waals surface area contributed by atoms with Crippen molar-refractivity contribution in [3.8, 4) is 12.3 Å². The zero-order valence-electron chi connectivity index (χ0n) is 7.85. The van der Waals surface area contributed by atoms with Crippen molar-refractivity contribution in [3.63, 3.8) is 0 Å². The summed E-state index contributed by atoms with van der Waals surface area (Å²) in [5, 5.41) is 4.12. The standard InChI is InChI=1S/C10H12N2O2/c1-2-9-5-11-12(6-9)7-10-8-13-3-4-14-10/h1,5-6,10H,3-4,7-8H2. The van der Waals surface area contributed by atoms with E-state index in [1.54, 1.807) is 10.9 Å². The Kier molecular flexibility index (Phi) is 2.82. The lowest BCUT2D eigenvalue weighted by molar-refractivity contribution is -0.0946. The molecule has 1 aromatic heterocycles. The van der Waals surface area contributed by atoms with Crippen LogP contribution in [0.4, 0.5) is 0 Å². The highest BCUT2D eigenvalue weighted by atomic mass is 16.6. The van der Waals surface area contributed by atoms with Gasteiger partial charge in [-0.2, -0.15) is 5.10 Å². The summed E-state index contributed by atoms with van der Waals surface area (Å²) in [6.07, 6.45) is 8.83. The zero-order chi connectivity index (χ0) is 9.80. The minimum absolute atomic E-state index is 0.0919. The second-order valence-corrected chi connectivity index (χ2v) is 3.16. The van der Waals surface area contributed by atoms with Gasteiger partial charge in [0, 0.05) is 6.20 Å². The molecule has 0 aromatic carbocycles. The number of terminal acetylenes is 1. The molecule has 2 rings (SSSR count). The van der Waals surface area contributed by atoms with E-state index in [2.05, 4.69) is 11.0 Å². The molecular weight excluding hydrogens is 180 g/mol. The lowest BCUT2D eigenvalue weighted by Crippen LogP contribution is -2.32. The van der Waals surface area contributed by atoms with Crippen LogP contribution in [0.15, 0.2) is 12.4 Å². The van der Waals surface area contributed by atoms with E-state index in [1.165, 1.54) is 0 Å². The molecule has 4 nitrogen and oxygen atoms in total. The SMILES string of the molecule is C#Cc1cnn(CC2COCCO2)c1. The first-order chi connectivity index (χ1) is 6.88. The molecule has 1 aliphatic heterocycles. The lowest BCUT2D eigenvalue weighted by Gasteiger charge is -2.22. The third-order valence-electron chi connectivity index (χ3n) is 2.08. The Bertz CT molecular complexity index is 334. The van der Waals surface area contributed by atoms with Crippen LogP contribution in [0.3, 0.4) is 0 Å². The van der Waals surface area contributed by atoms with Crippen LogP contribution < -0.4 is 0 Å². The summed E-state index contributed by atoms with van der Waals surface area (Å²) >= 11 is 0. The average Bonchev–Trinajstić information content (AvgIpc) is 2.67. The molecule has 1 aromatic rings. The molecule has 74 valence electrons. The molecule has 0 bridgehead atoms. The molecule has 1 atom stereocenters. The molecule has 1 fully saturated rings. The van der Waals surface area contributed by atoms with Crippen molar-refractivity contribution in [3.05, 3.63) is 18.0 Å². The first-order valence-electron chi connectivity index (χ1n) is 4.57. The Morgan fingerprint density at radius 3 is 3.21 bits per heavy atom. The molecule has 0 spiro atoms. The third-order valence-corrected chi connectivity index (χ3v) is 2.08. The Morgan fingerprint density at radius 2 is 2.57 bits per heavy atom. The van der Waals surface area contributed by atoms with Crippen LogP contribution in [0.25, 0.3) is 0 Å². The van der Waals surface area contributed by atoms with Crippen LogP contribution >= 0.6 is 0 Å². The van der Waals surface area contributed by atoms with Crippen LogP contribution in [0.5, 0.6) is 0 Å². The fraction of sp³-hybridized carbons (Fsp3) is 0.500. The van der Waals surface area contributed by atoms with Gasteiger partial charge in [0.15, 0.2) is 0 Å². The average molecular weight is 192 g/mol. The van der Waals surface area contributed by atoms with Gasteiger partial charge < -0.3 is 9.47 Å². The van der Waals surface area contributed by atoms with Crippen molar-refractivity contribution in [1.29, 1.82) is 0 Å². The highest BCUT2D eigenvalue weighted by molar-refractivity contribution is 5.26.